The lowest BCUT2D eigenvalue weighted by Gasteiger charge is -2.42. The lowest BCUT2D eigenvalue weighted by Crippen LogP contribution is -2.57. The SMILES string of the molecule is CN1CC2CC1CN2C1CCN(C(=O)[C@@H](Cc2cc(Cl)c(O)c(C(F)(F)F)c2)NC(=O)N2CCC(n3c(=O)[nH]c4c5ccccc5ncc43)CC2)CC1. The first kappa shape index (κ1) is 35.7. The Morgan fingerprint density at radius 2 is 1.70 bits per heavy atom. The molecule has 282 valence electrons. The molecule has 2 bridgehead atoms. The largest absolute Gasteiger partial charge is 0.506 e. The minimum Gasteiger partial charge on any atom is -0.506 e. The van der Waals surface area contributed by atoms with Crippen molar-refractivity contribution in [2.45, 2.75) is 74.9 Å². The molecule has 0 radical (unpaired) electrons. The first-order chi connectivity index (χ1) is 25.4. The third kappa shape index (κ3) is 6.71. The number of H-pyrrole nitrogens is 1. The molecular weight excluding hydrogens is 713 g/mol. The summed E-state index contributed by atoms with van der Waals surface area (Å²) < 4.78 is 43.1. The summed E-state index contributed by atoms with van der Waals surface area (Å²) in [5.74, 6) is -1.46. The molecule has 3 N–H and O–H groups in total. The van der Waals surface area contributed by atoms with E-state index in [2.05, 4.69) is 32.1 Å². The van der Waals surface area contributed by atoms with Gasteiger partial charge in [0.15, 0.2) is 0 Å². The van der Waals surface area contributed by atoms with E-state index in [1.165, 1.54) is 6.07 Å². The van der Waals surface area contributed by atoms with Crippen LogP contribution in [0.1, 0.15) is 49.3 Å². The van der Waals surface area contributed by atoms with Crippen molar-refractivity contribution >= 4 is 45.5 Å². The van der Waals surface area contributed by atoms with Crippen LogP contribution in [0, 0.1) is 0 Å². The average molecular weight is 755 g/mol. The first-order valence-corrected chi connectivity index (χ1v) is 18.6. The van der Waals surface area contributed by atoms with E-state index in [0.717, 1.165) is 49.3 Å². The molecule has 3 atom stereocenters. The molecule has 3 amide bonds. The fourth-order valence-electron chi connectivity index (χ4n) is 9.06. The molecule has 2 unspecified atom stereocenters. The number of para-hydroxylation sites is 1. The quantitative estimate of drug-likeness (QED) is 0.263. The maximum Gasteiger partial charge on any atom is 0.420 e. The lowest BCUT2D eigenvalue weighted by molar-refractivity contribution is -0.138. The molecule has 0 aliphatic carbocycles. The Morgan fingerprint density at radius 3 is 2.38 bits per heavy atom. The molecule has 0 spiro atoms. The van der Waals surface area contributed by atoms with Gasteiger partial charge in [0.1, 0.15) is 11.8 Å². The number of urea groups is 1. The van der Waals surface area contributed by atoms with Gasteiger partial charge in [-0.3, -0.25) is 19.2 Å². The number of halogens is 4. The van der Waals surface area contributed by atoms with Crippen LogP contribution in [0.3, 0.4) is 0 Å². The number of alkyl halides is 3. The molecule has 16 heteroatoms. The normalized spacial score (nSPS) is 22.7. The van der Waals surface area contributed by atoms with Crippen molar-refractivity contribution < 1.29 is 27.9 Å². The second-order valence-corrected chi connectivity index (χ2v) is 15.4. The van der Waals surface area contributed by atoms with Crippen LogP contribution >= 0.6 is 11.6 Å². The Labute approximate surface area is 308 Å². The molecule has 2 aromatic carbocycles. The van der Waals surface area contributed by atoms with Gasteiger partial charge in [0.2, 0.25) is 5.91 Å². The predicted octanol–water partition coefficient (Wildman–Crippen LogP) is 4.59. The molecule has 4 aliphatic heterocycles. The maximum atomic E-state index is 14.1. The third-order valence-electron chi connectivity index (χ3n) is 11.8. The van der Waals surface area contributed by atoms with E-state index in [0.29, 0.717) is 68.2 Å². The highest BCUT2D eigenvalue weighted by atomic mass is 35.5. The Balaban J connectivity index is 0.973. The minimum absolute atomic E-state index is 0.0597. The number of carbonyl (C=O) groups excluding carboxylic acids is 2. The van der Waals surface area contributed by atoms with Gasteiger partial charge >= 0.3 is 17.9 Å². The van der Waals surface area contributed by atoms with Crippen molar-refractivity contribution in [2.24, 2.45) is 0 Å². The second-order valence-electron chi connectivity index (χ2n) is 15.0. The number of nitrogens with one attached hydrogen (secondary N) is 2. The molecule has 4 aromatic rings. The molecule has 4 fully saturated rings. The van der Waals surface area contributed by atoms with E-state index in [-0.39, 0.29) is 29.6 Å². The van der Waals surface area contributed by atoms with Crippen molar-refractivity contribution in [2.75, 3.05) is 46.3 Å². The number of aromatic amines is 1. The summed E-state index contributed by atoms with van der Waals surface area (Å²) in [6, 6.07) is 9.06. The van der Waals surface area contributed by atoms with Gasteiger partial charge in [-0.15, -0.1) is 0 Å². The number of piperazine rings is 1. The minimum atomic E-state index is -4.88. The maximum absolute atomic E-state index is 14.1. The van der Waals surface area contributed by atoms with Crippen LogP contribution in [0.4, 0.5) is 18.0 Å². The zero-order chi connectivity index (χ0) is 37.2. The number of likely N-dealkylation sites (N-methyl/N-ethyl adjacent to an activating group) is 1. The van der Waals surface area contributed by atoms with Crippen molar-refractivity contribution in [3.05, 3.63) is 69.2 Å². The van der Waals surface area contributed by atoms with Crippen LogP contribution in [0.25, 0.3) is 21.9 Å². The monoisotopic (exact) mass is 754 g/mol. The van der Waals surface area contributed by atoms with Crippen molar-refractivity contribution in [1.29, 1.82) is 0 Å². The van der Waals surface area contributed by atoms with Gasteiger partial charge in [0, 0.05) is 75.2 Å². The number of aromatic nitrogens is 3. The summed E-state index contributed by atoms with van der Waals surface area (Å²) in [7, 11) is 2.16. The van der Waals surface area contributed by atoms with Gasteiger partial charge in [0.05, 0.1) is 33.3 Å². The molecule has 6 heterocycles. The Hall–Kier alpha value is -4.34. The number of fused-ring (bicyclic) bond motifs is 5. The number of pyridine rings is 1. The first-order valence-electron chi connectivity index (χ1n) is 18.2. The molecule has 4 aliphatic rings. The van der Waals surface area contributed by atoms with Gasteiger partial charge in [-0.25, -0.2) is 9.59 Å². The number of piperidine rings is 2. The summed E-state index contributed by atoms with van der Waals surface area (Å²) >= 11 is 6.03. The Kier molecular flexibility index (Phi) is 9.30. The number of benzene rings is 2. The zero-order valence-electron chi connectivity index (χ0n) is 29.3. The van der Waals surface area contributed by atoms with Crippen LogP contribution in [0.2, 0.25) is 5.02 Å². The predicted molar refractivity (Wildman–Crippen MR) is 193 cm³/mol. The number of likely N-dealkylation sites (tertiary alicyclic amines) is 4. The Morgan fingerprint density at radius 1 is 1.00 bits per heavy atom. The summed E-state index contributed by atoms with van der Waals surface area (Å²) in [4.78, 5) is 56.8. The van der Waals surface area contributed by atoms with Crippen molar-refractivity contribution in [3.63, 3.8) is 0 Å². The van der Waals surface area contributed by atoms with Gasteiger partial charge in [0.25, 0.3) is 0 Å². The molecule has 4 saturated heterocycles. The van der Waals surface area contributed by atoms with Crippen molar-refractivity contribution in [3.8, 4) is 5.75 Å². The van der Waals surface area contributed by atoms with Crippen molar-refractivity contribution in [1.82, 2.24) is 39.5 Å². The van der Waals surface area contributed by atoms with E-state index in [4.69, 9.17) is 11.6 Å². The average Bonchev–Trinajstić information content (AvgIpc) is 3.83. The molecule has 0 saturated carbocycles. The highest BCUT2D eigenvalue weighted by Crippen LogP contribution is 2.41. The van der Waals surface area contributed by atoms with Gasteiger partial charge in [-0.05, 0) is 62.9 Å². The summed E-state index contributed by atoms with van der Waals surface area (Å²) in [6.07, 6.45) is 0.190. The second kappa shape index (κ2) is 13.8. The Bertz CT molecular complexity index is 2110. The van der Waals surface area contributed by atoms with Crippen LogP contribution < -0.4 is 11.0 Å². The van der Waals surface area contributed by atoms with Crippen LogP contribution in [0.5, 0.6) is 5.75 Å². The molecule has 12 nitrogen and oxygen atoms in total. The number of hydrogen-bond donors (Lipinski definition) is 3. The standard InChI is InChI=1S/C37H42ClF3N8O4/c1-45-19-25-17-24(45)20-48(25)22-6-10-46(11-7-22)34(51)30(16-21-14-27(37(39,40)41)33(50)28(38)15-21)43-35(52)47-12-8-23(9-13-47)49-31-18-42-29-5-3-2-4-26(29)32(31)44-36(49)53/h2-5,14-15,18,22-25,30,50H,6-13,16-17,19-20H2,1H3,(H,43,52)(H,44,53)/t24?,25?,30-/m1/s1. The van der Waals surface area contributed by atoms with E-state index in [1.807, 2.05) is 24.3 Å². The number of phenolic OH excluding ortho intramolecular Hbond substituents is 1. The fraction of sp³-hybridized carbons (Fsp3) is 0.514. The van der Waals surface area contributed by atoms with E-state index in [9.17, 15) is 32.7 Å². The topological polar surface area (TPSA) is 130 Å². The number of hydrogen-bond acceptors (Lipinski definition) is 7. The van der Waals surface area contributed by atoms with Gasteiger partial charge in [-0.1, -0.05) is 29.8 Å². The summed E-state index contributed by atoms with van der Waals surface area (Å²) in [5.41, 5.74) is 0.650. The number of rotatable bonds is 6. The van der Waals surface area contributed by atoms with E-state index in [1.54, 1.807) is 20.6 Å². The van der Waals surface area contributed by atoms with E-state index < -0.39 is 34.6 Å². The van der Waals surface area contributed by atoms with Crippen LogP contribution in [0.15, 0.2) is 47.4 Å². The third-order valence-corrected chi connectivity index (χ3v) is 12.1. The van der Waals surface area contributed by atoms with E-state index >= 15 is 0 Å². The molecular formula is C37H42ClF3N8O4. The number of amides is 3. The molecule has 2 aromatic heterocycles. The zero-order valence-corrected chi connectivity index (χ0v) is 30.0. The number of aromatic hydroxyl groups is 1. The van der Waals surface area contributed by atoms with Gasteiger partial charge < -0.3 is 30.1 Å². The summed E-state index contributed by atoms with van der Waals surface area (Å²) in [6.45, 7) is 3.58. The number of carbonyl (C=O) groups is 2. The molecule has 8 rings (SSSR count). The van der Waals surface area contributed by atoms with Gasteiger partial charge in [-0.2, -0.15) is 13.2 Å². The highest BCUT2D eigenvalue weighted by Gasteiger charge is 2.45. The number of imidazole rings is 1. The summed E-state index contributed by atoms with van der Waals surface area (Å²) in [5, 5.41) is 13.3. The number of nitrogens with zero attached hydrogens (tertiary/aromatic N) is 6. The number of phenols is 1. The highest BCUT2D eigenvalue weighted by molar-refractivity contribution is 6.32. The molecule has 53 heavy (non-hydrogen) atoms. The fourth-order valence-corrected chi connectivity index (χ4v) is 9.30. The van der Waals surface area contributed by atoms with Crippen LogP contribution in [-0.2, 0) is 17.4 Å². The smallest absolute Gasteiger partial charge is 0.420 e. The lowest BCUT2D eigenvalue weighted by atomic mass is 9.98. The van der Waals surface area contributed by atoms with Crippen LogP contribution in [-0.4, -0.2) is 122 Å².